The molecular weight excluding hydrogens is 460 g/mol. The molecule has 0 aliphatic carbocycles. The Morgan fingerprint density at radius 2 is 0.895 bits per heavy atom. The topological polar surface area (TPSA) is 9.86 Å². The van der Waals surface area contributed by atoms with Crippen molar-refractivity contribution in [2.24, 2.45) is 0 Å². The first-order valence-corrected chi connectivity index (χ1v) is 12.9. The normalized spacial score (nSPS) is 12.1. The molecule has 0 bridgehead atoms. The molecule has 0 atom stereocenters. The fourth-order valence-electron chi connectivity index (χ4n) is 5.72. The molecule has 0 spiro atoms. The van der Waals surface area contributed by atoms with Crippen molar-refractivity contribution in [1.29, 1.82) is 0 Å². The van der Waals surface area contributed by atoms with Crippen molar-refractivity contribution in [2.45, 2.75) is 0 Å². The van der Waals surface area contributed by atoms with Crippen molar-refractivity contribution in [3.63, 3.8) is 0 Å². The Balaban J connectivity index is 1.28. The highest BCUT2D eigenvalue weighted by Gasteiger charge is 2.12. The van der Waals surface area contributed by atoms with Gasteiger partial charge in [-0.15, -0.1) is 0 Å². The molecule has 2 aromatic heterocycles. The molecule has 0 unspecified atom stereocenters. The Bertz CT molecular complexity index is 2030. The number of hydrogen-bond donors (Lipinski definition) is 0. The van der Waals surface area contributed by atoms with Gasteiger partial charge < -0.3 is 9.13 Å². The maximum absolute atomic E-state index is 4.39. The molecule has 0 saturated heterocycles. The van der Waals surface area contributed by atoms with Gasteiger partial charge in [-0.2, -0.15) is 0 Å². The lowest BCUT2D eigenvalue weighted by Gasteiger charge is -2.10. The summed E-state index contributed by atoms with van der Waals surface area (Å²) in [6, 6.07) is 43.2. The van der Waals surface area contributed by atoms with E-state index in [0.29, 0.717) is 0 Å². The van der Waals surface area contributed by atoms with E-state index in [9.17, 15) is 0 Å². The first-order valence-electron chi connectivity index (χ1n) is 12.9. The first kappa shape index (κ1) is 22.1. The van der Waals surface area contributed by atoms with Crippen LogP contribution in [0, 0.1) is 0 Å². The second-order valence-corrected chi connectivity index (χ2v) is 9.58. The van der Waals surface area contributed by atoms with E-state index in [-0.39, 0.29) is 0 Å². The van der Waals surface area contributed by atoms with Crippen molar-refractivity contribution in [2.75, 3.05) is 0 Å². The molecule has 2 heterocycles. The van der Waals surface area contributed by atoms with Crippen LogP contribution in [0.5, 0.6) is 0 Å². The number of para-hydroxylation sites is 3. The Hall–Kier alpha value is -5.08. The monoisotopic (exact) mass is 486 g/mol. The number of fused-ring (bicyclic) bond motifs is 4. The molecule has 0 amide bonds. The lowest BCUT2D eigenvalue weighted by atomic mass is 10.0. The molecule has 2 heteroatoms. The molecule has 180 valence electrons. The summed E-state index contributed by atoms with van der Waals surface area (Å²) in [5.41, 5.74) is 8.23. The van der Waals surface area contributed by atoms with Gasteiger partial charge in [0.25, 0.3) is 0 Å². The molecule has 0 aliphatic heterocycles. The van der Waals surface area contributed by atoms with Crippen molar-refractivity contribution < 1.29 is 0 Å². The van der Waals surface area contributed by atoms with E-state index >= 15 is 0 Å². The SMILES string of the molecule is C=C/C=c1\c(=C)n(-c2ccc(-c3ccc(-n4c5ccccc5c5ccccc54)cc3)cc2)c2ccccc12. The van der Waals surface area contributed by atoms with E-state index in [1.807, 2.05) is 12.2 Å². The molecule has 0 aliphatic rings. The van der Waals surface area contributed by atoms with Crippen molar-refractivity contribution in [3.05, 3.63) is 145 Å². The third-order valence-electron chi connectivity index (χ3n) is 7.46. The van der Waals surface area contributed by atoms with Crippen LogP contribution in [0.1, 0.15) is 0 Å². The molecule has 0 fully saturated rings. The number of aromatic nitrogens is 2. The van der Waals surface area contributed by atoms with Gasteiger partial charge in [0.1, 0.15) is 0 Å². The van der Waals surface area contributed by atoms with Crippen molar-refractivity contribution >= 4 is 45.4 Å². The van der Waals surface area contributed by atoms with Gasteiger partial charge in [0.05, 0.1) is 16.6 Å². The van der Waals surface area contributed by atoms with Crippen LogP contribution in [0.25, 0.3) is 67.9 Å². The summed E-state index contributed by atoms with van der Waals surface area (Å²) in [6.45, 7) is 8.28. The average Bonchev–Trinajstić information content (AvgIpc) is 3.45. The summed E-state index contributed by atoms with van der Waals surface area (Å²) < 4.78 is 4.57. The zero-order chi connectivity index (χ0) is 25.6. The Morgan fingerprint density at radius 3 is 1.39 bits per heavy atom. The fourth-order valence-corrected chi connectivity index (χ4v) is 5.72. The maximum Gasteiger partial charge on any atom is 0.0541 e. The highest BCUT2D eigenvalue weighted by atomic mass is 15.0. The molecule has 0 radical (unpaired) electrons. The predicted octanol–water partition coefficient (Wildman–Crippen LogP) is 7.77. The minimum Gasteiger partial charge on any atom is -0.310 e. The molecule has 0 N–H and O–H groups in total. The lowest BCUT2D eigenvalue weighted by molar-refractivity contribution is 1.07. The number of allylic oxidation sites excluding steroid dienone is 1. The maximum atomic E-state index is 4.39. The summed E-state index contributed by atoms with van der Waals surface area (Å²) >= 11 is 0. The molecule has 5 aromatic carbocycles. The van der Waals surface area contributed by atoms with Gasteiger partial charge in [0.15, 0.2) is 0 Å². The molecule has 0 saturated carbocycles. The Morgan fingerprint density at radius 1 is 0.474 bits per heavy atom. The number of hydrogen-bond acceptors (Lipinski definition) is 0. The molecule has 38 heavy (non-hydrogen) atoms. The van der Waals surface area contributed by atoms with Crippen LogP contribution >= 0.6 is 0 Å². The van der Waals surface area contributed by atoms with E-state index in [4.69, 9.17) is 0 Å². The number of nitrogens with zero attached hydrogens (tertiary/aromatic N) is 2. The fraction of sp³-hybridized carbons (Fsp3) is 0. The van der Waals surface area contributed by atoms with Crippen LogP contribution < -0.4 is 10.6 Å². The van der Waals surface area contributed by atoms with Crippen LogP contribution in [0.3, 0.4) is 0 Å². The van der Waals surface area contributed by atoms with Gasteiger partial charge >= 0.3 is 0 Å². The van der Waals surface area contributed by atoms with Crippen LogP contribution in [0.2, 0.25) is 0 Å². The summed E-state index contributed by atoms with van der Waals surface area (Å²) in [5, 5.41) is 5.81. The van der Waals surface area contributed by atoms with E-state index in [2.05, 4.69) is 144 Å². The second-order valence-electron chi connectivity index (χ2n) is 9.58. The molecule has 7 rings (SSSR count). The average molecular weight is 487 g/mol. The van der Waals surface area contributed by atoms with Gasteiger partial charge in [-0.25, -0.2) is 0 Å². The third-order valence-corrected chi connectivity index (χ3v) is 7.46. The zero-order valence-electron chi connectivity index (χ0n) is 21.0. The molecule has 2 nitrogen and oxygen atoms in total. The van der Waals surface area contributed by atoms with Crippen molar-refractivity contribution in [1.82, 2.24) is 9.13 Å². The van der Waals surface area contributed by atoms with Gasteiger partial charge in [-0.1, -0.05) is 104 Å². The summed E-state index contributed by atoms with van der Waals surface area (Å²) in [6.07, 6.45) is 3.86. The largest absolute Gasteiger partial charge is 0.310 e. The predicted molar refractivity (Wildman–Crippen MR) is 162 cm³/mol. The minimum absolute atomic E-state index is 0.967. The highest BCUT2D eigenvalue weighted by molar-refractivity contribution is 6.09. The highest BCUT2D eigenvalue weighted by Crippen LogP contribution is 2.32. The summed E-state index contributed by atoms with van der Waals surface area (Å²) in [5.74, 6) is 0. The van der Waals surface area contributed by atoms with Gasteiger partial charge in [0.2, 0.25) is 0 Å². The van der Waals surface area contributed by atoms with E-state index < -0.39 is 0 Å². The Kier molecular flexibility index (Phi) is 5.12. The number of benzene rings is 5. The minimum atomic E-state index is 0.967. The van der Waals surface area contributed by atoms with Crippen LogP contribution in [-0.2, 0) is 0 Å². The molecule has 7 aromatic rings. The summed E-state index contributed by atoms with van der Waals surface area (Å²) in [7, 11) is 0. The third kappa shape index (κ3) is 3.35. The zero-order valence-corrected chi connectivity index (χ0v) is 21.0. The standard InChI is InChI=1S/C36H26N2/c1-3-10-30-25(2)37(34-14-7-4-11-31(30)34)28-21-17-26(18-22-28)27-19-23-29(24-20-27)38-35-15-8-5-12-32(35)33-13-6-9-16-36(33)38/h3-24H,1-2H2/b30-10+. The summed E-state index contributed by atoms with van der Waals surface area (Å²) in [4.78, 5) is 0. The van der Waals surface area contributed by atoms with Crippen molar-refractivity contribution in [3.8, 4) is 22.5 Å². The van der Waals surface area contributed by atoms with Gasteiger partial charge in [-0.05, 0) is 53.6 Å². The van der Waals surface area contributed by atoms with Gasteiger partial charge in [0, 0.05) is 38.1 Å². The first-order chi connectivity index (χ1) is 18.7. The van der Waals surface area contributed by atoms with Crippen LogP contribution in [-0.4, -0.2) is 9.13 Å². The van der Waals surface area contributed by atoms with E-state index in [1.54, 1.807) is 0 Å². The van der Waals surface area contributed by atoms with Gasteiger partial charge in [-0.3, -0.25) is 0 Å². The Labute approximate surface area is 221 Å². The van der Waals surface area contributed by atoms with Crippen LogP contribution in [0.15, 0.2) is 134 Å². The lowest BCUT2D eigenvalue weighted by Crippen LogP contribution is -2.26. The van der Waals surface area contributed by atoms with E-state index in [1.165, 1.54) is 38.3 Å². The second kappa shape index (κ2) is 8.79. The number of rotatable bonds is 4. The quantitative estimate of drug-likeness (QED) is 0.240. The smallest absolute Gasteiger partial charge is 0.0541 e. The van der Waals surface area contributed by atoms with Crippen LogP contribution in [0.4, 0.5) is 0 Å². The molecular formula is C36H26N2. The van der Waals surface area contributed by atoms with E-state index in [0.717, 1.165) is 27.5 Å².